The first-order valence-electron chi connectivity index (χ1n) is 9.91. The predicted octanol–water partition coefficient (Wildman–Crippen LogP) is 6.42. The van der Waals surface area contributed by atoms with E-state index in [4.69, 9.17) is 0 Å². The number of benzene rings is 2. The number of allylic oxidation sites excluding steroid dienone is 2. The first-order chi connectivity index (χ1) is 11.7. The van der Waals surface area contributed by atoms with E-state index < -0.39 is 0 Å². The summed E-state index contributed by atoms with van der Waals surface area (Å²) < 4.78 is 0. The van der Waals surface area contributed by atoms with Gasteiger partial charge in [-0.15, -0.1) is 0 Å². The normalized spacial score (nSPS) is 31.8. The van der Waals surface area contributed by atoms with Crippen LogP contribution in [-0.2, 0) is 12.8 Å². The molecule has 0 saturated heterocycles. The molecular formula is C24H28. The Morgan fingerprint density at radius 1 is 1.17 bits per heavy atom. The Morgan fingerprint density at radius 2 is 2.08 bits per heavy atom. The fourth-order valence-corrected chi connectivity index (χ4v) is 5.88. The molecule has 0 aliphatic heterocycles. The van der Waals surface area contributed by atoms with Gasteiger partial charge in [-0.3, -0.25) is 0 Å². The molecule has 0 aromatic heterocycles. The lowest BCUT2D eigenvalue weighted by Crippen LogP contribution is -2.32. The van der Waals surface area contributed by atoms with Crippen LogP contribution in [-0.4, -0.2) is 0 Å². The second-order valence-electron chi connectivity index (χ2n) is 8.73. The summed E-state index contributed by atoms with van der Waals surface area (Å²) in [6.45, 7) is 4.67. The zero-order valence-corrected chi connectivity index (χ0v) is 15.0. The topological polar surface area (TPSA) is 0 Å². The van der Waals surface area contributed by atoms with Crippen molar-refractivity contribution in [3.8, 4) is 0 Å². The van der Waals surface area contributed by atoms with Crippen molar-refractivity contribution in [3.05, 3.63) is 59.2 Å². The Bertz CT molecular complexity index is 827. The average molecular weight is 316 g/mol. The largest absolute Gasteiger partial charge is 0.0851 e. The summed E-state index contributed by atoms with van der Waals surface area (Å²) in [5.74, 6) is 2.39. The van der Waals surface area contributed by atoms with Crippen LogP contribution in [0.3, 0.4) is 0 Å². The molecule has 2 aromatic carbocycles. The highest BCUT2D eigenvalue weighted by Gasteiger charge is 2.49. The van der Waals surface area contributed by atoms with Crippen molar-refractivity contribution < 1.29 is 0 Å². The highest BCUT2D eigenvalue weighted by molar-refractivity contribution is 5.88. The van der Waals surface area contributed by atoms with Crippen LogP contribution in [0.5, 0.6) is 0 Å². The van der Waals surface area contributed by atoms with Gasteiger partial charge < -0.3 is 0 Å². The maximum absolute atomic E-state index is 2.54. The number of aryl methyl sites for hydroxylation is 1. The SMILES string of the molecule is CCC(C)c1cccc2cc3c(cc12)CCC1(C3)CC2C=CC1C2. The maximum atomic E-state index is 2.54. The van der Waals surface area contributed by atoms with E-state index >= 15 is 0 Å². The molecule has 0 heteroatoms. The highest BCUT2D eigenvalue weighted by atomic mass is 14.5. The van der Waals surface area contributed by atoms with Gasteiger partial charge in [0.15, 0.2) is 0 Å². The van der Waals surface area contributed by atoms with Crippen molar-refractivity contribution in [1.29, 1.82) is 0 Å². The van der Waals surface area contributed by atoms with Gasteiger partial charge in [0.25, 0.3) is 0 Å². The van der Waals surface area contributed by atoms with Crippen LogP contribution in [0.1, 0.15) is 62.1 Å². The van der Waals surface area contributed by atoms with E-state index in [1.54, 1.807) is 16.7 Å². The first-order valence-corrected chi connectivity index (χ1v) is 9.91. The van der Waals surface area contributed by atoms with E-state index in [0.29, 0.717) is 11.3 Å². The summed E-state index contributed by atoms with van der Waals surface area (Å²) in [5.41, 5.74) is 5.42. The van der Waals surface area contributed by atoms with Crippen molar-refractivity contribution >= 4 is 10.8 Å². The molecule has 124 valence electrons. The molecular weight excluding hydrogens is 288 g/mol. The van der Waals surface area contributed by atoms with E-state index in [9.17, 15) is 0 Å². The molecule has 1 saturated carbocycles. The van der Waals surface area contributed by atoms with Gasteiger partial charge in [0.05, 0.1) is 0 Å². The van der Waals surface area contributed by atoms with Crippen LogP contribution in [0, 0.1) is 17.3 Å². The minimum atomic E-state index is 0.592. The van der Waals surface area contributed by atoms with Gasteiger partial charge in [-0.05, 0) is 89.2 Å². The van der Waals surface area contributed by atoms with Gasteiger partial charge in [0, 0.05) is 0 Å². The van der Waals surface area contributed by atoms with E-state index in [-0.39, 0.29) is 0 Å². The Morgan fingerprint density at radius 3 is 2.83 bits per heavy atom. The van der Waals surface area contributed by atoms with Gasteiger partial charge in [0.1, 0.15) is 0 Å². The van der Waals surface area contributed by atoms with E-state index in [2.05, 4.69) is 56.3 Å². The number of hydrogen-bond acceptors (Lipinski definition) is 0. The van der Waals surface area contributed by atoms with Crippen LogP contribution >= 0.6 is 0 Å². The summed E-state index contributed by atoms with van der Waals surface area (Å²) in [5, 5.41) is 2.97. The van der Waals surface area contributed by atoms with Crippen LogP contribution < -0.4 is 0 Å². The standard InChI is InChI=1S/C24H28/c1-3-16(2)22-6-4-5-19-12-20-15-24(10-9-18(20)13-23(19)22)14-17-7-8-21(24)11-17/h4-8,12-13,16-17,21H,3,9-11,14-15H2,1-2H3. The monoisotopic (exact) mass is 316 g/mol. The number of rotatable bonds is 2. The molecule has 0 amide bonds. The van der Waals surface area contributed by atoms with E-state index in [0.717, 1.165) is 11.8 Å². The van der Waals surface area contributed by atoms with Gasteiger partial charge in [-0.1, -0.05) is 56.3 Å². The molecule has 2 bridgehead atoms. The molecule has 3 aliphatic carbocycles. The quantitative estimate of drug-likeness (QED) is 0.560. The van der Waals surface area contributed by atoms with E-state index in [1.807, 2.05) is 0 Å². The Balaban J connectivity index is 1.58. The van der Waals surface area contributed by atoms with Gasteiger partial charge >= 0.3 is 0 Å². The fourth-order valence-electron chi connectivity index (χ4n) is 5.88. The minimum Gasteiger partial charge on any atom is -0.0851 e. The highest BCUT2D eigenvalue weighted by Crippen LogP contribution is 2.58. The second kappa shape index (κ2) is 5.22. The molecule has 0 N–H and O–H groups in total. The third-order valence-corrected chi connectivity index (χ3v) is 7.44. The van der Waals surface area contributed by atoms with Crippen molar-refractivity contribution in [3.63, 3.8) is 0 Å². The lowest BCUT2D eigenvalue weighted by Gasteiger charge is -2.40. The zero-order chi connectivity index (χ0) is 16.3. The second-order valence-corrected chi connectivity index (χ2v) is 8.73. The van der Waals surface area contributed by atoms with Gasteiger partial charge in [-0.2, -0.15) is 0 Å². The lowest BCUT2D eigenvalue weighted by atomic mass is 9.64. The molecule has 24 heavy (non-hydrogen) atoms. The zero-order valence-electron chi connectivity index (χ0n) is 15.0. The molecule has 0 radical (unpaired) electrons. The minimum absolute atomic E-state index is 0.592. The Labute approximate surface area is 146 Å². The maximum Gasteiger partial charge on any atom is -0.0146 e. The first kappa shape index (κ1) is 14.8. The summed E-state index contributed by atoms with van der Waals surface area (Å²) in [4.78, 5) is 0. The summed E-state index contributed by atoms with van der Waals surface area (Å²) in [6, 6.07) is 12.0. The Kier molecular flexibility index (Phi) is 3.21. The summed E-state index contributed by atoms with van der Waals surface area (Å²) in [6.07, 6.45) is 13.1. The smallest absolute Gasteiger partial charge is 0.0146 e. The summed E-state index contributed by atoms with van der Waals surface area (Å²) >= 11 is 0. The van der Waals surface area contributed by atoms with Crippen molar-refractivity contribution in [2.75, 3.05) is 0 Å². The van der Waals surface area contributed by atoms with Crippen LogP contribution in [0.2, 0.25) is 0 Å². The van der Waals surface area contributed by atoms with Gasteiger partial charge in [-0.25, -0.2) is 0 Å². The molecule has 1 spiro atoms. The molecule has 0 heterocycles. The van der Waals surface area contributed by atoms with Crippen molar-refractivity contribution in [2.45, 2.75) is 58.3 Å². The molecule has 4 unspecified atom stereocenters. The van der Waals surface area contributed by atoms with E-state index in [1.165, 1.54) is 49.3 Å². The van der Waals surface area contributed by atoms with Gasteiger partial charge in [0.2, 0.25) is 0 Å². The third-order valence-electron chi connectivity index (χ3n) is 7.44. The number of hydrogen-bond donors (Lipinski definition) is 0. The molecule has 1 fully saturated rings. The molecule has 3 aliphatic rings. The predicted molar refractivity (Wildman–Crippen MR) is 102 cm³/mol. The Hall–Kier alpha value is -1.56. The molecule has 0 nitrogen and oxygen atoms in total. The average Bonchev–Trinajstić information content (AvgIpc) is 3.20. The molecule has 4 atom stereocenters. The van der Waals surface area contributed by atoms with Crippen LogP contribution in [0.25, 0.3) is 10.8 Å². The lowest BCUT2D eigenvalue weighted by molar-refractivity contribution is 0.195. The van der Waals surface area contributed by atoms with Crippen molar-refractivity contribution in [2.24, 2.45) is 17.3 Å². The number of fused-ring (bicyclic) bond motifs is 5. The molecule has 2 aromatic rings. The van der Waals surface area contributed by atoms with Crippen molar-refractivity contribution in [1.82, 2.24) is 0 Å². The summed E-state index contributed by atoms with van der Waals surface area (Å²) in [7, 11) is 0. The third kappa shape index (κ3) is 2.05. The van der Waals surface area contributed by atoms with Crippen LogP contribution in [0.4, 0.5) is 0 Å². The molecule has 5 rings (SSSR count). The fraction of sp³-hybridized carbons (Fsp3) is 0.500. The van der Waals surface area contributed by atoms with Crippen LogP contribution in [0.15, 0.2) is 42.5 Å².